The van der Waals surface area contributed by atoms with Crippen molar-refractivity contribution in [1.82, 2.24) is 4.90 Å². The lowest BCUT2D eigenvalue weighted by Crippen LogP contribution is -2.35. The van der Waals surface area contributed by atoms with Crippen LogP contribution in [-0.2, 0) is 20.7 Å². The summed E-state index contributed by atoms with van der Waals surface area (Å²) in [4.78, 5) is 43.7. The number of nitrogens with zero attached hydrogens (tertiary/aromatic N) is 2. The van der Waals surface area contributed by atoms with Crippen molar-refractivity contribution in [3.8, 4) is 0 Å². The number of aliphatic imine (C=N–C) groups is 1. The molecule has 1 fully saturated rings. The Bertz CT molecular complexity index is 1260. The van der Waals surface area contributed by atoms with Crippen LogP contribution in [0.1, 0.15) is 22.3 Å². The van der Waals surface area contributed by atoms with E-state index in [-0.39, 0.29) is 24.1 Å². The fourth-order valence-corrected chi connectivity index (χ4v) is 4.81. The number of carbonyl (C=O) groups is 3. The first-order valence-corrected chi connectivity index (χ1v) is 12.2. The number of hydrogen-bond acceptors (Lipinski definition) is 6. The van der Waals surface area contributed by atoms with Crippen LogP contribution in [0.5, 0.6) is 0 Å². The van der Waals surface area contributed by atoms with Crippen LogP contribution < -0.4 is 5.32 Å². The highest BCUT2D eigenvalue weighted by atomic mass is 32.2. The predicted molar refractivity (Wildman–Crippen MR) is 138 cm³/mol. The molecule has 0 spiro atoms. The van der Waals surface area contributed by atoms with Gasteiger partial charge in [0.25, 0.3) is 0 Å². The molecule has 0 aliphatic carbocycles. The summed E-state index contributed by atoms with van der Waals surface area (Å²) >= 11 is 1.22. The number of rotatable bonds is 8. The highest BCUT2D eigenvalue weighted by Gasteiger charge is 2.39. The first kappa shape index (κ1) is 25.1. The molecular weight excluding hydrogens is 481 g/mol. The number of hydrogen-bond donors (Lipinski definition) is 1. The molecule has 1 heterocycles. The third-order valence-electron chi connectivity index (χ3n) is 5.50. The lowest BCUT2D eigenvalue weighted by molar-refractivity contribution is -0.128. The Morgan fingerprint density at radius 2 is 1.72 bits per heavy atom. The zero-order valence-corrected chi connectivity index (χ0v) is 20.3. The molecule has 3 aromatic rings. The van der Waals surface area contributed by atoms with Crippen LogP contribution in [0.2, 0.25) is 0 Å². The Labute approximate surface area is 212 Å². The smallest absolute Gasteiger partial charge is 0.337 e. The molecular formula is C27H24FN3O4S. The van der Waals surface area contributed by atoms with E-state index in [0.29, 0.717) is 35.1 Å². The predicted octanol–water partition coefficient (Wildman–Crippen LogP) is 4.82. The third-order valence-corrected chi connectivity index (χ3v) is 6.67. The van der Waals surface area contributed by atoms with Crippen LogP contribution in [0.15, 0.2) is 83.9 Å². The summed E-state index contributed by atoms with van der Waals surface area (Å²) in [5, 5.41) is 2.59. The minimum atomic E-state index is -0.644. The zero-order chi connectivity index (χ0) is 25.5. The van der Waals surface area contributed by atoms with E-state index in [9.17, 15) is 18.8 Å². The average Bonchev–Trinajstić information content (AvgIpc) is 3.17. The molecule has 0 radical (unpaired) electrons. The summed E-state index contributed by atoms with van der Waals surface area (Å²) < 4.78 is 18.0. The van der Waals surface area contributed by atoms with Crippen LogP contribution in [0.25, 0.3) is 0 Å². The Morgan fingerprint density at radius 1 is 1.03 bits per heavy atom. The summed E-state index contributed by atoms with van der Waals surface area (Å²) in [6, 6.07) is 21.8. The fourth-order valence-electron chi connectivity index (χ4n) is 3.63. The van der Waals surface area contributed by atoms with Crippen LogP contribution in [-0.4, -0.2) is 46.8 Å². The normalized spacial score (nSPS) is 16.3. The van der Waals surface area contributed by atoms with Crippen molar-refractivity contribution >= 4 is 46.1 Å². The van der Waals surface area contributed by atoms with Crippen molar-refractivity contribution < 1.29 is 23.5 Å². The van der Waals surface area contributed by atoms with Gasteiger partial charge in [0.1, 0.15) is 11.1 Å². The molecule has 184 valence electrons. The maximum absolute atomic E-state index is 13.3. The molecule has 0 unspecified atom stereocenters. The summed E-state index contributed by atoms with van der Waals surface area (Å²) in [6.07, 6.45) is 0.577. The van der Waals surface area contributed by atoms with Gasteiger partial charge in [0.15, 0.2) is 5.17 Å². The number of benzene rings is 3. The molecule has 0 aromatic heterocycles. The van der Waals surface area contributed by atoms with Crippen molar-refractivity contribution in [2.24, 2.45) is 4.99 Å². The maximum atomic E-state index is 13.3. The van der Waals surface area contributed by atoms with Gasteiger partial charge in [-0.25, -0.2) is 14.2 Å². The van der Waals surface area contributed by atoms with Crippen molar-refractivity contribution in [3.63, 3.8) is 0 Å². The molecule has 1 atom stereocenters. The lowest BCUT2D eigenvalue weighted by Gasteiger charge is -2.16. The monoisotopic (exact) mass is 505 g/mol. The van der Waals surface area contributed by atoms with Gasteiger partial charge in [-0.1, -0.05) is 42.1 Å². The van der Waals surface area contributed by atoms with E-state index in [1.54, 1.807) is 41.3 Å². The van der Waals surface area contributed by atoms with E-state index >= 15 is 0 Å². The van der Waals surface area contributed by atoms with Crippen LogP contribution in [0.3, 0.4) is 0 Å². The van der Waals surface area contributed by atoms with Gasteiger partial charge in [0, 0.05) is 18.7 Å². The second-order valence-corrected chi connectivity index (χ2v) is 9.19. The van der Waals surface area contributed by atoms with Gasteiger partial charge in [-0.15, -0.1) is 0 Å². The average molecular weight is 506 g/mol. The molecule has 3 aromatic carbocycles. The number of nitrogens with one attached hydrogen (secondary N) is 1. The number of anilines is 1. The van der Waals surface area contributed by atoms with Crippen molar-refractivity contribution in [2.75, 3.05) is 19.0 Å². The summed E-state index contributed by atoms with van der Waals surface area (Å²) in [5.74, 6) is -1.38. The van der Waals surface area contributed by atoms with E-state index in [2.05, 4.69) is 15.0 Å². The first-order valence-electron chi connectivity index (χ1n) is 11.3. The Kier molecular flexibility index (Phi) is 8.12. The van der Waals surface area contributed by atoms with Gasteiger partial charge < -0.3 is 10.1 Å². The second-order valence-electron chi connectivity index (χ2n) is 8.02. The molecule has 0 saturated carbocycles. The largest absolute Gasteiger partial charge is 0.465 e. The number of ether oxygens (including phenoxy) is 1. The maximum Gasteiger partial charge on any atom is 0.337 e. The summed E-state index contributed by atoms with van der Waals surface area (Å²) in [5.41, 5.74) is 2.47. The van der Waals surface area contributed by atoms with Gasteiger partial charge in [0.05, 0.1) is 18.4 Å². The summed E-state index contributed by atoms with van der Waals surface area (Å²) in [6.45, 7) is 0.406. The number of thioether (sulfide) groups is 1. The minimum Gasteiger partial charge on any atom is -0.465 e. The molecule has 7 nitrogen and oxygen atoms in total. The molecule has 2 amide bonds. The molecule has 36 heavy (non-hydrogen) atoms. The van der Waals surface area contributed by atoms with Crippen LogP contribution >= 0.6 is 11.8 Å². The van der Waals surface area contributed by atoms with Gasteiger partial charge in [-0.2, -0.15) is 0 Å². The van der Waals surface area contributed by atoms with E-state index in [0.717, 1.165) is 5.56 Å². The Balaban J connectivity index is 1.46. The molecule has 1 saturated heterocycles. The highest BCUT2D eigenvalue weighted by molar-refractivity contribution is 8.15. The van der Waals surface area contributed by atoms with Gasteiger partial charge in [0.2, 0.25) is 11.8 Å². The minimum absolute atomic E-state index is 0.0491. The van der Waals surface area contributed by atoms with E-state index < -0.39 is 11.2 Å². The number of amides is 2. The molecule has 1 N–H and O–H groups in total. The van der Waals surface area contributed by atoms with Crippen molar-refractivity contribution in [1.29, 1.82) is 0 Å². The first-order chi connectivity index (χ1) is 17.4. The highest BCUT2D eigenvalue weighted by Crippen LogP contribution is 2.32. The van der Waals surface area contributed by atoms with Gasteiger partial charge in [-0.05, 0) is 60.5 Å². The molecule has 1 aliphatic heterocycles. The van der Waals surface area contributed by atoms with Gasteiger partial charge in [-0.3, -0.25) is 14.5 Å². The lowest BCUT2D eigenvalue weighted by atomic mass is 10.1. The number of halogens is 1. The molecule has 0 bridgehead atoms. The number of methoxy groups -OCH3 is 1. The van der Waals surface area contributed by atoms with E-state index in [1.165, 1.54) is 31.0 Å². The Hall–Kier alpha value is -3.98. The topological polar surface area (TPSA) is 88.1 Å². The van der Waals surface area contributed by atoms with E-state index in [4.69, 9.17) is 0 Å². The quantitative estimate of drug-likeness (QED) is 0.444. The van der Waals surface area contributed by atoms with Crippen molar-refractivity contribution in [2.45, 2.75) is 18.1 Å². The molecule has 4 rings (SSSR count). The summed E-state index contributed by atoms with van der Waals surface area (Å²) in [7, 11) is 1.30. The van der Waals surface area contributed by atoms with Crippen LogP contribution in [0, 0.1) is 5.82 Å². The third kappa shape index (κ3) is 6.37. The number of carbonyl (C=O) groups excluding carboxylic acids is 3. The molecule has 9 heteroatoms. The zero-order valence-electron chi connectivity index (χ0n) is 19.5. The van der Waals surface area contributed by atoms with Crippen molar-refractivity contribution in [3.05, 3.63) is 95.8 Å². The standard InChI is InChI=1S/C27H24FN3O4S/c1-35-26(34)19-7-11-21(12-8-19)29-24(32)17-23-25(33)31(16-15-18-5-3-2-4-6-18)27(36-23)30-22-13-9-20(28)10-14-22/h2-14,23H,15-17H2,1H3,(H,29,32)/t23-/m1/s1. The Morgan fingerprint density at radius 3 is 2.39 bits per heavy atom. The number of esters is 1. The van der Waals surface area contributed by atoms with Gasteiger partial charge >= 0.3 is 5.97 Å². The fraction of sp³-hybridized carbons (Fsp3) is 0.185. The SMILES string of the molecule is COC(=O)c1ccc(NC(=O)C[C@H]2SC(=Nc3ccc(F)cc3)N(CCc3ccccc3)C2=O)cc1. The molecule has 1 aliphatic rings. The van der Waals surface area contributed by atoms with Crippen LogP contribution in [0.4, 0.5) is 15.8 Å². The van der Waals surface area contributed by atoms with E-state index in [1.807, 2.05) is 30.3 Å². The number of amidine groups is 1. The second kappa shape index (κ2) is 11.6.